The van der Waals surface area contributed by atoms with E-state index in [0.29, 0.717) is 5.56 Å². The number of anilines is 1. The van der Waals surface area contributed by atoms with Gasteiger partial charge in [-0.2, -0.15) is 0 Å². The molecule has 0 fully saturated rings. The molecule has 0 spiro atoms. The molecule has 0 bridgehead atoms. The maximum Gasteiger partial charge on any atom is 0.167 e. The van der Waals surface area contributed by atoms with Gasteiger partial charge in [0.1, 0.15) is 11.6 Å². The van der Waals surface area contributed by atoms with Gasteiger partial charge in [-0.15, -0.1) is 0 Å². The van der Waals surface area contributed by atoms with Crippen molar-refractivity contribution >= 4 is 11.5 Å². The molecule has 0 unspecified atom stereocenters. The molecule has 2 aromatic rings. The Balaban J connectivity index is 1.82. The van der Waals surface area contributed by atoms with E-state index in [4.69, 9.17) is 0 Å². The lowest BCUT2D eigenvalue weighted by Gasteiger charge is -2.18. The van der Waals surface area contributed by atoms with Crippen molar-refractivity contribution in [3.8, 4) is 0 Å². The molecule has 0 aliphatic carbocycles. The summed E-state index contributed by atoms with van der Waals surface area (Å²) in [6, 6.07) is 8.80. The van der Waals surface area contributed by atoms with E-state index in [1.54, 1.807) is 6.07 Å². The van der Waals surface area contributed by atoms with Gasteiger partial charge in [-0.1, -0.05) is 6.07 Å². The summed E-state index contributed by atoms with van der Waals surface area (Å²) < 4.78 is 26.5. The Morgan fingerprint density at radius 3 is 2.81 bits per heavy atom. The lowest BCUT2D eigenvalue weighted by Crippen LogP contribution is -2.13. The van der Waals surface area contributed by atoms with Gasteiger partial charge in [-0.05, 0) is 48.2 Å². The first kappa shape index (κ1) is 13.7. The van der Waals surface area contributed by atoms with Gasteiger partial charge >= 0.3 is 0 Å². The van der Waals surface area contributed by atoms with Gasteiger partial charge in [-0.3, -0.25) is 4.79 Å². The van der Waals surface area contributed by atoms with Gasteiger partial charge < -0.3 is 5.32 Å². The summed E-state index contributed by atoms with van der Waals surface area (Å²) in [5, 5.41) is 3.28. The highest BCUT2D eigenvalue weighted by molar-refractivity contribution is 5.98. The number of Topliss-reactive ketones (excluding diaryl/α,β-unsaturated/α-hetero) is 1. The average molecular weight is 287 g/mol. The number of hydrogen-bond donors (Lipinski definition) is 1. The summed E-state index contributed by atoms with van der Waals surface area (Å²) in [5.74, 6) is -1.47. The minimum Gasteiger partial charge on any atom is -0.385 e. The second kappa shape index (κ2) is 5.64. The van der Waals surface area contributed by atoms with Crippen LogP contribution in [-0.2, 0) is 12.8 Å². The molecule has 0 atom stereocenters. The Morgan fingerprint density at radius 1 is 1.14 bits per heavy atom. The Morgan fingerprint density at radius 2 is 2.00 bits per heavy atom. The summed E-state index contributed by atoms with van der Waals surface area (Å²) in [6.45, 7) is 0.946. The van der Waals surface area contributed by atoms with Crippen LogP contribution in [0.1, 0.15) is 27.9 Å². The molecule has 1 aliphatic heterocycles. The zero-order valence-electron chi connectivity index (χ0n) is 11.5. The van der Waals surface area contributed by atoms with Gasteiger partial charge in [0, 0.05) is 30.3 Å². The van der Waals surface area contributed by atoms with Crippen LogP contribution >= 0.6 is 0 Å². The van der Waals surface area contributed by atoms with Crippen molar-refractivity contribution < 1.29 is 13.6 Å². The van der Waals surface area contributed by atoms with E-state index in [1.165, 1.54) is 12.1 Å². The van der Waals surface area contributed by atoms with E-state index in [-0.39, 0.29) is 17.8 Å². The first-order valence-electron chi connectivity index (χ1n) is 6.97. The fraction of sp³-hybridized carbons (Fsp3) is 0.235. The van der Waals surface area contributed by atoms with E-state index in [1.807, 2.05) is 12.1 Å². The highest BCUT2D eigenvalue weighted by Gasteiger charge is 2.14. The van der Waals surface area contributed by atoms with Crippen LogP contribution in [0.3, 0.4) is 0 Å². The number of fused-ring (bicyclic) bond motifs is 1. The molecule has 0 saturated heterocycles. The van der Waals surface area contributed by atoms with Crippen LogP contribution in [0.15, 0.2) is 36.4 Å². The predicted octanol–water partition coefficient (Wildman–Crippen LogP) is 3.75. The number of carbonyl (C=O) groups is 1. The van der Waals surface area contributed by atoms with Crippen molar-refractivity contribution in [2.24, 2.45) is 0 Å². The Hall–Kier alpha value is -2.23. The first-order valence-corrected chi connectivity index (χ1v) is 6.97. The van der Waals surface area contributed by atoms with Crippen molar-refractivity contribution in [2.75, 3.05) is 11.9 Å². The third-order valence-electron chi connectivity index (χ3n) is 3.73. The molecule has 4 heteroatoms. The van der Waals surface area contributed by atoms with E-state index < -0.39 is 11.6 Å². The van der Waals surface area contributed by atoms with Crippen LogP contribution in [0, 0.1) is 11.6 Å². The lowest BCUT2D eigenvalue weighted by molar-refractivity contribution is 0.0991. The van der Waals surface area contributed by atoms with Crippen LogP contribution in [-0.4, -0.2) is 12.3 Å². The summed E-state index contributed by atoms with van der Waals surface area (Å²) in [6.07, 6.45) is 1.92. The van der Waals surface area contributed by atoms with Crippen LogP contribution < -0.4 is 5.32 Å². The molecule has 21 heavy (non-hydrogen) atoms. The quantitative estimate of drug-likeness (QED) is 0.871. The number of ketones is 1. The minimum atomic E-state index is -0.678. The smallest absolute Gasteiger partial charge is 0.167 e. The van der Waals surface area contributed by atoms with Crippen LogP contribution in [0.5, 0.6) is 0 Å². The molecule has 108 valence electrons. The van der Waals surface area contributed by atoms with Gasteiger partial charge in [0.15, 0.2) is 5.78 Å². The van der Waals surface area contributed by atoms with Crippen molar-refractivity contribution in [3.63, 3.8) is 0 Å². The topological polar surface area (TPSA) is 29.1 Å². The highest BCUT2D eigenvalue weighted by atomic mass is 19.1. The fourth-order valence-corrected chi connectivity index (χ4v) is 2.59. The molecule has 0 saturated carbocycles. The van der Waals surface area contributed by atoms with Crippen LogP contribution in [0.2, 0.25) is 0 Å². The van der Waals surface area contributed by atoms with E-state index in [9.17, 15) is 13.6 Å². The maximum atomic E-state index is 13.6. The number of nitrogens with one attached hydrogen (secondary N) is 1. The van der Waals surface area contributed by atoms with E-state index >= 15 is 0 Å². The standard InChI is InChI=1S/C17H15F2NO/c18-14-5-3-11(15(19)10-14)9-17(21)13-4-6-16-12(8-13)2-1-7-20-16/h3-6,8,10,20H,1-2,7,9H2. The van der Waals surface area contributed by atoms with Crippen molar-refractivity contribution in [2.45, 2.75) is 19.3 Å². The van der Waals surface area contributed by atoms with E-state index in [2.05, 4.69) is 5.32 Å². The second-order valence-electron chi connectivity index (χ2n) is 5.24. The molecule has 2 aromatic carbocycles. The monoisotopic (exact) mass is 287 g/mol. The molecule has 1 N–H and O–H groups in total. The van der Waals surface area contributed by atoms with Gasteiger partial charge in [0.25, 0.3) is 0 Å². The first-order chi connectivity index (χ1) is 10.1. The molecule has 0 aromatic heterocycles. The van der Waals surface area contributed by atoms with E-state index in [0.717, 1.165) is 36.7 Å². The number of hydrogen-bond acceptors (Lipinski definition) is 2. The lowest BCUT2D eigenvalue weighted by atomic mass is 9.96. The fourth-order valence-electron chi connectivity index (χ4n) is 2.59. The number of rotatable bonds is 3. The molecular weight excluding hydrogens is 272 g/mol. The Kier molecular flexibility index (Phi) is 3.69. The minimum absolute atomic E-state index is 0.0572. The summed E-state index contributed by atoms with van der Waals surface area (Å²) in [5.41, 5.74) is 2.97. The number of halogens is 2. The van der Waals surface area contributed by atoms with Gasteiger partial charge in [0.05, 0.1) is 0 Å². The molecular formula is C17H15F2NO. The van der Waals surface area contributed by atoms with Gasteiger partial charge in [0.2, 0.25) is 0 Å². The summed E-state index contributed by atoms with van der Waals surface area (Å²) in [4.78, 5) is 12.3. The predicted molar refractivity (Wildman–Crippen MR) is 77.6 cm³/mol. The molecule has 1 heterocycles. The number of aryl methyl sites for hydroxylation is 1. The molecule has 2 nitrogen and oxygen atoms in total. The largest absolute Gasteiger partial charge is 0.385 e. The molecule has 0 radical (unpaired) electrons. The molecule has 3 rings (SSSR count). The third kappa shape index (κ3) is 2.94. The highest BCUT2D eigenvalue weighted by Crippen LogP contribution is 2.24. The third-order valence-corrected chi connectivity index (χ3v) is 3.73. The number of carbonyl (C=O) groups excluding carboxylic acids is 1. The van der Waals surface area contributed by atoms with Gasteiger partial charge in [-0.25, -0.2) is 8.78 Å². The van der Waals surface area contributed by atoms with Crippen molar-refractivity contribution in [3.05, 3.63) is 64.7 Å². The summed E-state index contributed by atoms with van der Waals surface area (Å²) in [7, 11) is 0. The Labute approximate surface area is 121 Å². The Bertz CT molecular complexity index is 697. The second-order valence-corrected chi connectivity index (χ2v) is 5.24. The number of benzene rings is 2. The molecule has 1 aliphatic rings. The zero-order valence-corrected chi connectivity index (χ0v) is 11.5. The zero-order chi connectivity index (χ0) is 14.8. The van der Waals surface area contributed by atoms with Crippen molar-refractivity contribution in [1.82, 2.24) is 0 Å². The van der Waals surface area contributed by atoms with Crippen molar-refractivity contribution in [1.29, 1.82) is 0 Å². The normalized spacial score (nSPS) is 13.4. The van der Waals surface area contributed by atoms with Crippen LogP contribution in [0.4, 0.5) is 14.5 Å². The average Bonchev–Trinajstić information content (AvgIpc) is 2.49. The summed E-state index contributed by atoms with van der Waals surface area (Å²) >= 11 is 0. The SMILES string of the molecule is O=C(Cc1ccc(F)cc1F)c1ccc2c(c1)CCCN2. The maximum absolute atomic E-state index is 13.6. The molecule has 0 amide bonds. The van der Waals surface area contributed by atoms with Crippen LogP contribution in [0.25, 0.3) is 0 Å².